The molecule has 2 heterocycles. The number of ether oxygens (including phenoxy) is 1. The second-order valence-electron chi connectivity index (χ2n) is 6.63. The lowest BCUT2D eigenvalue weighted by Crippen LogP contribution is -2.59. The van der Waals surface area contributed by atoms with Gasteiger partial charge in [-0.25, -0.2) is 0 Å². The van der Waals surface area contributed by atoms with Gasteiger partial charge in [-0.05, 0) is 37.7 Å². The molecule has 0 spiro atoms. The van der Waals surface area contributed by atoms with Crippen molar-refractivity contribution in [2.45, 2.75) is 25.8 Å². The fraction of sp³-hybridized carbons (Fsp3) is 0.611. The molecule has 2 aliphatic heterocycles. The molecule has 0 aliphatic carbocycles. The van der Waals surface area contributed by atoms with E-state index in [4.69, 9.17) is 4.74 Å². The normalized spacial score (nSPS) is 25.5. The van der Waals surface area contributed by atoms with Gasteiger partial charge in [-0.2, -0.15) is 11.8 Å². The van der Waals surface area contributed by atoms with Crippen molar-refractivity contribution in [3.8, 4) is 0 Å². The van der Waals surface area contributed by atoms with Crippen LogP contribution in [0.2, 0.25) is 0 Å². The number of thioether (sulfide) groups is 1. The van der Waals surface area contributed by atoms with Gasteiger partial charge in [0.15, 0.2) is 0 Å². The average Bonchev–Trinajstić information content (AvgIpc) is 3.06. The molecule has 2 saturated heterocycles. The first-order valence-electron chi connectivity index (χ1n) is 8.37. The molecule has 3 rings (SSSR count). The summed E-state index contributed by atoms with van der Waals surface area (Å²) in [6, 6.07) is 6.05. The van der Waals surface area contributed by atoms with Gasteiger partial charge in [-0.1, -0.05) is 17.7 Å². The molecule has 0 saturated carbocycles. The number of carbonyl (C=O) groups excluding carboxylic acids is 1. The Morgan fingerprint density at radius 3 is 2.83 bits per heavy atom. The average molecular weight is 334 g/mol. The summed E-state index contributed by atoms with van der Waals surface area (Å²) in [5, 5.41) is 3.21. The molecular weight excluding hydrogens is 308 g/mol. The highest BCUT2D eigenvalue weighted by Gasteiger charge is 2.40. The van der Waals surface area contributed by atoms with Crippen molar-refractivity contribution >= 4 is 17.7 Å². The molecule has 0 bridgehead atoms. The van der Waals surface area contributed by atoms with Crippen LogP contribution >= 0.6 is 11.8 Å². The summed E-state index contributed by atoms with van der Waals surface area (Å²) in [5.41, 5.74) is 3.06. The van der Waals surface area contributed by atoms with Gasteiger partial charge in [0.25, 0.3) is 5.91 Å². The second-order valence-corrected chi connectivity index (χ2v) is 7.73. The van der Waals surface area contributed by atoms with Crippen LogP contribution in [-0.4, -0.2) is 60.7 Å². The standard InChI is InChI=1S/C18H26N2O2S/c1-14-3-4-15(2)16(11-14)17(21)19-12-18(5-10-23-13-18)20-6-8-22-9-7-20/h3-4,11H,5-10,12-13H2,1-2H3,(H,19,21). The fourth-order valence-corrected chi connectivity index (χ4v) is 4.93. The number of hydrogen-bond donors (Lipinski definition) is 1. The summed E-state index contributed by atoms with van der Waals surface area (Å²) in [6.07, 6.45) is 1.14. The summed E-state index contributed by atoms with van der Waals surface area (Å²) in [4.78, 5) is 15.2. The molecule has 2 aliphatic rings. The number of morpholine rings is 1. The van der Waals surface area contributed by atoms with Gasteiger partial charge < -0.3 is 10.1 Å². The number of hydrogen-bond acceptors (Lipinski definition) is 4. The third kappa shape index (κ3) is 3.73. The third-order valence-corrected chi connectivity index (χ3v) is 6.21. The fourth-order valence-electron chi connectivity index (χ4n) is 3.46. The number of nitrogens with one attached hydrogen (secondary N) is 1. The number of benzene rings is 1. The van der Waals surface area contributed by atoms with Crippen LogP contribution in [-0.2, 0) is 4.74 Å². The lowest BCUT2D eigenvalue weighted by molar-refractivity contribution is -0.0129. The maximum absolute atomic E-state index is 12.6. The van der Waals surface area contributed by atoms with E-state index in [1.54, 1.807) is 0 Å². The molecule has 1 amide bonds. The molecule has 23 heavy (non-hydrogen) atoms. The van der Waals surface area contributed by atoms with E-state index in [9.17, 15) is 4.79 Å². The molecule has 1 aromatic rings. The van der Waals surface area contributed by atoms with Gasteiger partial charge >= 0.3 is 0 Å². The van der Waals surface area contributed by atoms with Crippen LogP contribution in [0.15, 0.2) is 18.2 Å². The lowest BCUT2D eigenvalue weighted by atomic mass is 9.95. The van der Waals surface area contributed by atoms with Crippen molar-refractivity contribution in [3.63, 3.8) is 0 Å². The smallest absolute Gasteiger partial charge is 0.251 e. The second kappa shape index (κ2) is 7.24. The van der Waals surface area contributed by atoms with E-state index < -0.39 is 0 Å². The molecule has 126 valence electrons. The van der Waals surface area contributed by atoms with Crippen LogP contribution in [0.25, 0.3) is 0 Å². The predicted octanol–water partition coefficient (Wildman–Crippen LogP) is 2.24. The molecule has 1 N–H and O–H groups in total. The van der Waals surface area contributed by atoms with Crippen molar-refractivity contribution in [2.75, 3.05) is 44.4 Å². The van der Waals surface area contributed by atoms with Crippen molar-refractivity contribution in [3.05, 3.63) is 34.9 Å². The molecule has 0 aromatic heterocycles. The molecular formula is C18H26N2O2S. The highest BCUT2D eigenvalue weighted by molar-refractivity contribution is 7.99. The molecule has 4 nitrogen and oxygen atoms in total. The highest BCUT2D eigenvalue weighted by atomic mass is 32.2. The van der Waals surface area contributed by atoms with Crippen LogP contribution < -0.4 is 5.32 Å². The summed E-state index contributed by atoms with van der Waals surface area (Å²) < 4.78 is 5.49. The van der Waals surface area contributed by atoms with E-state index in [1.807, 2.05) is 37.7 Å². The minimum absolute atomic E-state index is 0.0516. The van der Waals surface area contributed by atoms with E-state index in [0.29, 0.717) is 0 Å². The van der Waals surface area contributed by atoms with Gasteiger partial charge in [0.1, 0.15) is 0 Å². The monoisotopic (exact) mass is 334 g/mol. The zero-order valence-electron chi connectivity index (χ0n) is 14.1. The predicted molar refractivity (Wildman–Crippen MR) is 95.3 cm³/mol. The number of carbonyl (C=O) groups is 1. The Morgan fingerprint density at radius 1 is 1.35 bits per heavy atom. The van der Waals surface area contributed by atoms with Gasteiger partial charge in [-0.15, -0.1) is 0 Å². The molecule has 1 atom stereocenters. The van der Waals surface area contributed by atoms with E-state index >= 15 is 0 Å². The maximum atomic E-state index is 12.6. The van der Waals surface area contributed by atoms with Crippen LogP contribution in [0, 0.1) is 13.8 Å². The minimum atomic E-state index is 0.0516. The van der Waals surface area contributed by atoms with Crippen LogP contribution in [0.1, 0.15) is 27.9 Å². The Balaban J connectivity index is 1.69. The van der Waals surface area contributed by atoms with Gasteiger partial charge in [0.05, 0.1) is 13.2 Å². The first-order chi connectivity index (χ1) is 11.1. The number of rotatable bonds is 4. The first-order valence-corrected chi connectivity index (χ1v) is 9.52. The lowest BCUT2D eigenvalue weighted by Gasteiger charge is -2.43. The maximum Gasteiger partial charge on any atom is 0.251 e. The summed E-state index contributed by atoms with van der Waals surface area (Å²) >= 11 is 1.99. The van der Waals surface area contributed by atoms with Crippen molar-refractivity contribution in [2.24, 2.45) is 0 Å². The molecule has 2 fully saturated rings. The van der Waals surface area contributed by atoms with Crippen molar-refractivity contribution < 1.29 is 9.53 Å². The topological polar surface area (TPSA) is 41.6 Å². The number of amides is 1. The number of aryl methyl sites for hydroxylation is 2. The molecule has 5 heteroatoms. The molecule has 0 radical (unpaired) electrons. The van der Waals surface area contributed by atoms with Crippen molar-refractivity contribution in [1.82, 2.24) is 10.2 Å². The number of nitrogens with zero attached hydrogens (tertiary/aromatic N) is 1. The largest absolute Gasteiger partial charge is 0.379 e. The van der Waals surface area contributed by atoms with E-state index in [2.05, 4.69) is 16.3 Å². The van der Waals surface area contributed by atoms with Gasteiger partial charge in [0.2, 0.25) is 0 Å². The summed E-state index contributed by atoms with van der Waals surface area (Å²) in [5.74, 6) is 2.33. The Hall–Kier alpha value is -1.04. The zero-order chi connectivity index (χ0) is 16.3. The minimum Gasteiger partial charge on any atom is -0.379 e. The quantitative estimate of drug-likeness (QED) is 0.917. The Bertz CT molecular complexity index is 564. The molecule has 1 unspecified atom stereocenters. The Morgan fingerprint density at radius 2 is 2.13 bits per heavy atom. The Kier molecular flexibility index (Phi) is 5.29. The van der Waals surface area contributed by atoms with Crippen LogP contribution in [0.5, 0.6) is 0 Å². The zero-order valence-corrected chi connectivity index (χ0v) is 14.9. The van der Waals surface area contributed by atoms with Crippen LogP contribution in [0.3, 0.4) is 0 Å². The van der Waals surface area contributed by atoms with Gasteiger partial charge in [0, 0.05) is 36.5 Å². The van der Waals surface area contributed by atoms with Gasteiger partial charge in [-0.3, -0.25) is 9.69 Å². The van der Waals surface area contributed by atoms with E-state index in [0.717, 1.165) is 61.7 Å². The summed E-state index contributed by atoms with van der Waals surface area (Å²) in [6.45, 7) is 8.30. The van der Waals surface area contributed by atoms with Crippen molar-refractivity contribution in [1.29, 1.82) is 0 Å². The first kappa shape index (κ1) is 16.8. The third-order valence-electron chi connectivity index (χ3n) is 4.98. The van der Waals surface area contributed by atoms with E-state index in [1.165, 1.54) is 5.75 Å². The molecule has 1 aromatic carbocycles. The SMILES string of the molecule is Cc1ccc(C)c(C(=O)NCC2(N3CCOCC3)CCSC2)c1. The van der Waals surface area contributed by atoms with Crippen LogP contribution in [0.4, 0.5) is 0 Å². The van der Waals surface area contributed by atoms with E-state index in [-0.39, 0.29) is 11.4 Å². The highest BCUT2D eigenvalue weighted by Crippen LogP contribution is 2.33. The Labute approximate surface area is 143 Å². The summed E-state index contributed by atoms with van der Waals surface area (Å²) in [7, 11) is 0.